The molecule has 0 atom stereocenters. The zero-order valence-corrected chi connectivity index (χ0v) is 16.4. The molecular weight excluding hydrogens is 382 g/mol. The number of Topliss-reactive ketones (excluding diaryl/α,β-unsaturated/α-hetero) is 1. The van der Waals surface area contributed by atoms with Crippen LogP contribution in [0.15, 0.2) is 48.5 Å². The van der Waals surface area contributed by atoms with Crippen molar-refractivity contribution in [3.8, 4) is 0 Å². The topological polar surface area (TPSA) is 107 Å². The molecular formula is C20H21NO6S. The van der Waals surface area contributed by atoms with Crippen LogP contribution in [0.2, 0.25) is 0 Å². The Hall–Kier alpha value is -3.00. The van der Waals surface area contributed by atoms with Gasteiger partial charge in [-0.25, -0.2) is 13.2 Å². The number of nitrogens with one attached hydrogen (secondary N) is 1. The average molecular weight is 403 g/mol. The van der Waals surface area contributed by atoms with Crippen molar-refractivity contribution in [1.29, 1.82) is 0 Å². The van der Waals surface area contributed by atoms with E-state index in [1.54, 1.807) is 31.2 Å². The average Bonchev–Trinajstić information content (AvgIpc) is 2.65. The van der Waals surface area contributed by atoms with E-state index in [4.69, 9.17) is 4.74 Å². The monoisotopic (exact) mass is 403 g/mol. The van der Waals surface area contributed by atoms with Crippen LogP contribution >= 0.6 is 0 Å². The van der Waals surface area contributed by atoms with Gasteiger partial charge in [0.15, 0.2) is 22.2 Å². The van der Waals surface area contributed by atoms with Crippen LogP contribution in [0.1, 0.15) is 39.6 Å². The summed E-state index contributed by atoms with van der Waals surface area (Å²) in [5.74, 6) is -1.43. The van der Waals surface area contributed by atoms with Crippen LogP contribution in [0.25, 0.3) is 0 Å². The van der Waals surface area contributed by atoms with E-state index in [0.717, 1.165) is 6.26 Å². The lowest BCUT2D eigenvalue weighted by molar-refractivity contribution is -0.115. The molecule has 0 aliphatic heterocycles. The van der Waals surface area contributed by atoms with Crippen LogP contribution in [0.5, 0.6) is 0 Å². The zero-order valence-electron chi connectivity index (χ0n) is 15.6. The lowest BCUT2D eigenvalue weighted by Gasteiger charge is -2.07. The fourth-order valence-electron chi connectivity index (χ4n) is 2.38. The molecule has 2 aromatic rings. The Morgan fingerprint density at radius 2 is 1.68 bits per heavy atom. The van der Waals surface area contributed by atoms with E-state index in [1.165, 1.54) is 24.3 Å². The van der Waals surface area contributed by atoms with Crippen LogP contribution in [0, 0.1) is 0 Å². The Labute approximate surface area is 163 Å². The number of hydrogen-bond donors (Lipinski definition) is 1. The van der Waals surface area contributed by atoms with E-state index in [2.05, 4.69) is 5.32 Å². The summed E-state index contributed by atoms with van der Waals surface area (Å²) in [6.45, 7) is 1.29. The third kappa shape index (κ3) is 6.62. The summed E-state index contributed by atoms with van der Waals surface area (Å²) in [5, 5.41) is 2.67. The summed E-state index contributed by atoms with van der Waals surface area (Å²) in [7, 11) is -3.23. The number of carbonyl (C=O) groups excluding carboxylic acids is 3. The van der Waals surface area contributed by atoms with E-state index < -0.39 is 28.2 Å². The summed E-state index contributed by atoms with van der Waals surface area (Å²) in [5.41, 5.74) is 1.55. The molecule has 2 rings (SSSR count). The van der Waals surface area contributed by atoms with Crippen LogP contribution in [-0.4, -0.2) is 38.9 Å². The van der Waals surface area contributed by atoms with E-state index in [-0.39, 0.29) is 17.2 Å². The summed E-state index contributed by atoms with van der Waals surface area (Å²) >= 11 is 0. The maximum absolute atomic E-state index is 12.2. The van der Waals surface area contributed by atoms with E-state index in [9.17, 15) is 22.8 Å². The van der Waals surface area contributed by atoms with E-state index in [1.807, 2.05) is 0 Å². The lowest BCUT2D eigenvalue weighted by atomic mass is 10.1. The number of amides is 1. The molecule has 0 aromatic heterocycles. The Morgan fingerprint density at radius 3 is 2.29 bits per heavy atom. The van der Waals surface area contributed by atoms with E-state index in [0.29, 0.717) is 23.2 Å². The van der Waals surface area contributed by atoms with Crippen molar-refractivity contribution in [2.75, 3.05) is 18.2 Å². The first-order valence-electron chi connectivity index (χ1n) is 8.55. The van der Waals surface area contributed by atoms with Crippen LogP contribution in [-0.2, 0) is 25.1 Å². The maximum Gasteiger partial charge on any atom is 0.338 e. The van der Waals surface area contributed by atoms with Crippen molar-refractivity contribution in [3.05, 3.63) is 65.2 Å². The highest BCUT2D eigenvalue weighted by molar-refractivity contribution is 7.89. The second kappa shape index (κ2) is 9.27. The molecule has 0 saturated carbocycles. The molecule has 0 fully saturated rings. The van der Waals surface area contributed by atoms with Gasteiger partial charge in [0.25, 0.3) is 0 Å². The highest BCUT2D eigenvalue weighted by atomic mass is 32.2. The minimum Gasteiger partial charge on any atom is -0.454 e. The molecule has 0 spiro atoms. The van der Waals surface area contributed by atoms with Crippen LogP contribution < -0.4 is 5.32 Å². The van der Waals surface area contributed by atoms with Crippen molar-refractivity contribution in [3.63, 3.8) is 0 Å². The van der Waals surface area contributed by atoms with Gasteiger partial charge in [-0.1, -0.05) is 19.1 Å². The van der Waals surface area contributed by atoms with Crippen molar-refractivity contribution >= 4 is 33.2 Å². The standard InChI is InChI=1S/C20H21NO6S/c1-3-19(23)21-17-9-7-15(8-10-17)18(22)12-27-20(24)16-6-4-5-14(11-16)13-28(2,25)26/h4-11H,3,12-13H2,1-2H3,(H,21,23). The second-order valence-corrected chi connectivity index (χ2v) is 8.39. The van der Waals surface area contributed by atoms with Crippen LogP contribution in [0.3, 0.4) is 0 Å². The number of rotatable bonds is 8. The number of benzene rings is 2. The van der Waals surface area contributed by atoms with Gasteiger partial charge in [-0.2, -0.15) is 0 Å². The highest BCUT2D eigenvalue weighted by Crippen LogP contribution is 2.12. The smallest absolute Gasteiger partial charge is 0.338 e. The third-order valence-electron chi connectivity index (χ3n) is 3.74. The number of esters is 1. The fourth-order valence-corrected chi connectivity index (χ4v) is 3.16. The fraction of sp³-hybridized carbons (Fsp3) is 0.250. The Morgan fingerprint density at radius 1 is 1.00 bits per heavy atom. The lowest BCUT2D eigenvalue weighted by Crippen LogP contribution is -2.15. The first kappa shape index (κ1) is 21.3. The molecule has 0 bridgehead atoms. The Kier molecular flexibility index (Phi) is 7.06. The van der Waals surface area contributed by atoms with Crippen molar-refractivity contribution in [1.82, 2.24) is 0 Å². The van der Waals surface area contributed by atoms with Crippen LogP contribution in [0.4, 0.5) is 5.69 Å². The SMILES string of the molecule is CCC(=O)Nc1ccc(C(=O)COC(=O)c2cccc(CS(C)(=O)=O)c2)cc1. The van der Waals surface area contributed by atoms with Gasteiger partial charge in [-0.15, -0.1) is 0 Å². The second-order valence-electron chi connectivity index (χ2n) is 6.25. The summed E-state index contributed by atoms with van der Waals surface area (Å²) in [6.07, 6.45) is 1.46. The van der Waals surface area contributed by atoms with Gasteiger partial charge in [-0.3, -0.25) is 9.59 Å². The Balaban J connectivity index is 1.96. The minimum absolute atomic E-state index is 0.133. The normalized spacial score (nSPS) is 10.9. The largest absolute Gasteiger partial charge is 0.454 e. The number of ether oxygens (including phenoxy) is 1. The summed E-state index contributed by atoms with van der Waals surface area (Å²) < 4.78 is 27.8. The molecule has 0 saturated heterocycles. The Bertz CT molecular complexity index is 980. The van der Waals surface area contributed by atoms with Crippen molar-refractivity contribution in [2.45, 2.75) is 19.1 Å². The van der Waals surface area contributed by atoms with Gasteiger partial charge in [0.2, 0.25) is 5.91 Å². The van der Waals surface area contributed by atoms with Crippen molar-refractivity contribution in [2.24, 2.45) is 0 Å². The van der Waals surface area contributed by atoms with E-state index >= 15 is 0 Å². The van der Waals surface area contributed by atoms with Gasteiger partial charge in [0.1, 0.15) is 0 Å². The molecule has 1 amide bonds. The summed E-state index contributed by atoms with van der Waals surface area (Å²) in [6, 6.07) is 12.3. The quantitative estimate of drug-likeness (QED) is 0.536. The first-order chi connectivity index (χ1) is 13.2. The maximum atomic E-state index is 12.2. The molecule has 2 aromatic carbocycles. The zero-order chi connectivity index (χ0) is 20.7. The first-order valence-corrected chi connectivity index (χ1v) is 10.6. The molecule has 0 heterocycles. The summed E-state index contributed by atoms with van der Waals surface area (Å²) in [4.78, 5) is 35.7. The molecule has 148 valence electrons. The molecule has 0 aliphatic carbocycles. The number of sulfone groups is 1. The number of carbonyl (C=O) groups is 3. The van der Waals surface area contributed by atoms with Gasteiger partial charge in [0.05, 0.1) is 11.3 Å². The number of anilines is 1. The molecule has 0 unspecified atom stereocenters. The number of hydrogen-bond acceptors (Lipinski definition) is 6. The van der Waals surface area contributed by atoms with Gasteiger partial charge in [0, 0.05) is 23.9 Å². The molecule has 1 N–H and O–H groups in total. The highest BCUT2D eigenvalue weighted by Gasteiger charge is 2.14. The van der Waals surface area contributed by atoms with Gasteiger partial charge < -0.3 is 10.1 Å². The molecule has 7 nitrogen and oxygen atoms in total. The molecule has 0 aliphatic rings. The van der Waals surface area contributed by atoms with Crippen molar-refractivity contribution < 1.29 is 27.5 Å². The minimum atomic E-state index is -3.23. The number of ketones is 1. The predicted octanol–water partition coefficient (Wildman–Crippen LogP) is 2.62. The molecule has 8 heteroatoms. The molecule has 28 heavy (non-hydrogen) atoms. The predicted molar refractivity (Wildman–Crippen MR) is 105 cm³/mol. The third-order valence-corrected chi connectivity index (χ3v) is 4.60. The van der Waals surface area contributed by atoms with Gasteiger partial charge >= 0.3 is 5.97 Å². The van der Waals surface area contributed by atoms with Gasteiger partial charge in [-0.05, 0) is 42.0 Å². The molecule has 0 radical (unpaired) electrons.